The second kappa shape index (κ2) is 4.90. The van der Waals surface area contributed by atoms with Crippen LogP contribution < -0.4 is 5.32 Å². The van der Waals surface area contributed by atoms with Crippen molar-refractivity contribution in [1.82, 2.24) is 9.97 Å². The van der Waals surface area contributed by atoms with Crippen molar-refractivity contribution in [1.29, 1.82) is 0 Å². The van der Waals surface area contributed by atoms with E-state index in [1.165, 1.54) is 10.4 Å². The normalized spacial score (nSPS) is 12.8. The molecule has 0 radical (unpaired) electrons. The summed E-state index contributed by atoms with van der Waals surface area (Å²) in [5, 5.41) is 8.91. The summed E-state index contributed by atoms with van der Waals surface area (Å²) in [5.41, 5.74) is 1.24. The predicted molar refractivity (Wildman–Crippen MR) is 83.2 cm³/mol. The number of nitrogens with one attached hydrogen (secondary N) is 1. The lowest BCUT2D eigenvalue weighted by molar-refractivity contribution is 0.893. The molecule has 0 unspecified atom stereocenters. The van der Waals surface area contributed by atoms with Crippen molar-refractivity contribution in [2.75, 3.05) is 5.32 Å². The summed E-state index contributed by atoms with van der Waals surface area (Å²) in [6, 6.07) is 4.49. The fourth-order valence-corrected chi connectivity index (χ4v) is 3.81. The second-order valence-corrected chi connectivity index (χ2v) is 6.44. The summed E-state index contributed by atoms with van der Waals surface area (Å²) >= 11 is 3.44. The van der Waals surface area contributed by atoms with Gasteiger partial charge in [-0.15, -0.1) is 22.7 Å². The Morgan fingerprint density at radius 2 is 2.05 bits per heavy atom. The molecule has 0 aliphatic rings. The van der Waals surface area contributed by atoms with E-state index in [9.17, 15) is 0 Å². The Labute approximate surface area is 120 Å². The highest BCUT2D eigenvalue weighted by atomic mass is 32.1. The van der Waals surface area contributed by atoms with E-state index in [4.69, 9.17) is 0 Å². The minimum Gasteiger partial charge on any atom is -0.362 e. The molecule has 0 aromatic carbocycles. The summed E-state index contributed by atoms with van der Waals surface area (Å²) in [5.74, 6) is 1.76. The second-order valence-electron chi connectivity index (χ2n) is 4.60. The summed E-state index contributed by atoms with van der Waals surface area (Å²) < 4.78 is 0. The Morgan fingerprint density at radius 3 is 2.79 bits per heavy atom. The van der Waals surface area contributed by atoms with Crippen LogP contribution >= 0.6 is 22.7 Å². The molecule has 1 N–H and O–H groups in total. The van der Waals surface area contributed by atoms with Crippen LogP contribution in [0.5, 0.6) is 0 Å². The summed E-state index contributed by atoms with van der Waals surface area (Å²) in [6.07, 6.45) is 0. The van der Waals surface area contributed by atoms with Gasteiger partial charge in [-0.3, -0.25) is 0 Å². The zero-order chi connectivity index (χ0) is 13.4. The molecule has 0 bridgehead atoms. The number of aromatic nitrogens is 2. The van der Waals surface area contributed by atoms with Gasteiger partial charge in [0, 0.05) is 4.88 Å². The number of rotatable bonds is 3. The smallest absolute Gasteiger partial charge is 0.139 e. The number of hydrogen-bond donors (Lipinski definition) is 1. The van der Waals surface area contributed by atoms with Crippen molar-refractivity contribution in [3.8, 4) is 0 Å². The van der Waals surface area contributed by atoms with Crippen molar-refractivity contribution in [3.63, 3.8) is 0 Å². The van der Waals surface area contributed by atoms with E-state index in [1.54, 1.807) is 22.7 Å². The van der Waals surface area contributed by atoms with Crippen molar-refractivity contribution < 1.29 is 0 Å². The van der Waals surface area contributed by atoms with Gasteiger partial charge in [0.1, 0.15) is 16.5 Å². The number of fused-ring (bicyclic) bond motifs is 1. The molecule has 3 heterocycles. The third-order valence-electron chi connectivity index (χ3n) is 3.05. The Kier molecular flexibility index (Phi) is 3.24. The first-order valence-corrected chi connectivity index (χ1v) is 7.93. The summed E-state index contributed by atoms with van der Waals surface area (Å²) in [7, 11) is 0. The van der Waals surface area contributed by atoms with Crippen LogP contribution in [0.2, 0.25) is 0 Å². The lowest BCUT2D eigenvalue weighted by Crippen LogP contribution is -2.08. The Morgan fingerprint density at radius 1 is 1.21 bits per heavy atom. The van der Waals surface area contributed by atoms with E-state index >= 15 is 0 Å². The van der Waals surface area contributed by atoms with Crippen molar-refractivity contribution in [2.45, 2.75) is 26.8 Å². The van der Waals surface area contributed by atoms with Gasteiger partial charge in [0.2, 0.25) is 0 Å². The van der Waals surface area contributed by atoms with Gasteiger partial charge in [0.15, 0.2) is 0 Å². The van der Waals surface area contributed by atoms with Gasteiger partial charge in [-0.25, -0.2) is 9.97 Å². The molecule has 0 fully saturated rings. The van der Waals surface area contributed by atoms with Crippen LogP contribution in [0.4, 0.5) is 5.82 Å². The molecule has 0 aliphatic carbocycles. The van der Waals surface area contributed by atoms with Gasteiger partial charge in [-0.2, -0.15) is 0 Å². The first-order chi connectivity index (χ1) is 9.15. The highest BCUT2D eigenvalue weighted by molar-refractivity contribution is 7.17. The molecular weight excluding hydrogens is 274 g/mol. The highest BCUT2D eigenvalue weighted by Gasteiger charge is 2.13. The monoisotopic (exact) mass is 289 g/mol. The number of thiophene rings is 2. The van der Waals surface area contributed by atoms with Gasteiger partial charge in [0.05, 0.1) is 11.4 Å². The van der Waals surface area contributed by atoms with E-state index in [0.717, 1.165) is 21.9 Å². The number of nitrogens with zero attached hydrogens (tertiary/aromatic N) is 2. The molecule has 0 saturated heterocycles. The molecule has 0 saturated carbocycles. The van der Waals surface area contributed by atoms with E-state index in [0.29, 0.717) is 0 Å². The maximum atomic E-state index is 4.57. The fraction of sp³-hybridized carbons (Fsp3) is 0.286. The minimum atomic E-state index is 0.261. The Bertz CT molecular complexity index is 701. The average molecular weight is 289 g/mol. The van der Waals surface area contributed by atoms with E-state index in [2.05, 4.69) is 52.0 Å². The first-order valence-electron chi connectivity index (χ1n) is 6.17. The maximum absolute atomic E-state index is 4.57. The van der Waals surface area contributed by atoms with E-state index in [1.807, 2.05) is 6.92 Å². The van der Waals surface area contributed by atoms with Gasteiger partial charge in [-0.05, 0) is 43.2 Å². The van der Waals surface area contributed by atoms with Crippen LogP contribution in [0, 0.1) is 13.8 Å². The molecule has 1 atom stereocenters. The maximum Gasteiger partial charge on any atom is 0.139 e. The fourth-order valence-electron chi connectivity index (χ4n) is 2.11. The largest absolute Gasteiger partial charge is 0.362 e. The van der Waals surface area contributed by atoms with Gasteiger partial charge in [0.25, 0.3) is 0 Å². The molecule has 3 aromatic heterocycles. The van der Waals surface area contributed by atoms with Crippen LogP contribution in [0.1, 0.15) is 29.2 Å². The van der Waals surface area contributed by atoms with Gasteiger partial charge in [-0.1, -0.05) is 6.07 Å². The average Bonchev–Trinajstić information content (AvgIpc) is 2.99. The number of aryl methyl sites for hydroxylation is 2. The van der Waals surface area contributed by atoms with Crippen LogP contribution in [0.3, 0.4) is 0 Å². The van der Waals surface area contributed by atoms with Gasteiger partial charge >= 0.3 is 0 Å². The standard InChI is InChI=1S/C14H15N3S2/c1-8-7-19-14-12(8)13(16-10(3)17-14)15-9(2)11-5-4-6-18-11/h4-7,9H,1-3H3,(H,15,16,17)/t9-/m0/s1. The van der Waals surface area contributed by atoms with Crippen molar-refractivity contribution in [3.05, 3.63) is 39.2 Å². The third-order valence-corrected chi connectivity index (χ3v) is 5.10. The molecule has 3 nitrogen and oxygen atoms in total. The highest BCUT2D eigenvalue weighted by Crippen LogP contribution is 2.32. The lowest BCUT2D eigenvalue weighted by Gasteiger charge is -2.14. The molecule has 5 heteroatoms. The molecule has 3 aromatic rings. The molecule has 0 amide bonds. The minimum absolute atomic E-state index is 0.261. The SMILES string of the molecule is Cc1nc(N[C@@H](C)c2cccs2)c2c(C)csc2n1. The topological polar surface area (TPSA) is 37.8 Å². The van der Waals surface area contributed by atoms with Crippen molar-refractivity contribution in [2.24, 2.45) is 0 Å². The molecule has 0 aliphatic heterocycles. The van der Waals surface area contributed by atoms with Crippen LogP contribution in [0.25, 0.3) is 10.2 Å². The molecule has 0 spiro atoms. The lowest BCUT2D eigenvalue weighted by atomic mass is 10.2. The van der Waals surface area contributed by atoms with Crippen LogP contribution in [-0.2, 0) is 0 Å². The summed E-state index contributed by atoms with van der Waals surface area (Å²) in [6.45, 7) is 6.21. The Balaban J connectivity index is 2.02. The van der Waals surface area contributed by atoms with Crippen LogP contribution in [-0.4, -0.2) is 9.97 Å². The van der Waals surface area contributed by atoms with Crippen molar-refractivity contribution >= 4 is 38.7 Å². The third kappa shape index (κ3) is 2.35. The van der Waals surface area contributed by atoms with Gasteiger partial charge < -0.3 is 5.32 Å². The number of hydrogen-bond acceptors (Lipinski definition) is 5. The zero-order valence-electron chi connectivity index (χ0n) is 11.1. The summed E-state index contributed by atoms with van der Waals surface area (Å²) in [4.78, 5) is 11.4. The molecular formula is C14H15N3S2. The van der Waals surface area contributed by atoms with Crippen LogP contribution in [0.15, 0.2) is 22.9 Å². The molecule has 98 valence electrons. The molecule has 3 rings (SSSR count). The quantitative estimate of drug-likeness (QED) is 0.769. The zero-order valence-corrected chi connectivity index (χ0v) is 12.7. The van der Waals surface area contributed by atoms with E-state index in [-0.39, 0.29) is 6.04 Å². The first kappa shape index (κ1) is 12.6. The predicted octanol–water partition coefficient (Wildman–Crippen LogP) is 4.54. The molecule has 19 heavy (non-hydrogen) atoms. The number of anilines is 1. The van der Waals surface area contributed by atoms with E-state index < -0.39 is 0 Å². The Hall–Kier alpha value is -1.46.